The lowest BCUT2D eigenvalue weighted by Crippen LogP contribution is -2.54. The van der Waals surface area contributed by atoms with E-state index in [1.165, 1.54) is 21.9 Å². The topological polar surface area (TPSA) is 99.3 Å². The SMILES string of the molecule is CC(C)C[C@H](NC(=O)c1ccc(N(C)C)cc1)C(=O)N1CC[C@H](C)N(C(=O)c2ccc(OC(F)(F)F)cc2)CC(=O)C1. The van der Waals surface area contributed by atoms with Crippen LogP contribution < -0.4 is 15.0 Å². The van der Waals surface area contributed by atoms with Crippen molar-refractivity contribution in [2.24, 2.45) is 5.92 Å². The number of hydrogen-bond acceptors (Lipinski definition) is 6. The molecule has 42 heavy (non-hydrogen) atoms. The van der Waals surface area contributed by atoms with Crippen LogP contribution in [0.15, 0.2) is 48.5 Å². The number of hydrogen-bond donors (Lipinski definition) is 1. The maximum Gasteiger partial charge on any atom is 0.573 e. The van der Waals surface area contributed by atoms with Gasteiger partial charge >= 0.3 is 6.36 Å². The van der Waals surface area contributed by atoms with Crippen molar-refractivity contribution in [1.82, 2.24) is 15.1 Å². The quantitative estimate of drug-likeness (QED) is 0.497. The summed E-state index contributed by atoms with van der Waals surface area (Å²) < 4.78 is 41.2. The van der Waals surface area contributed by atoms with Crippen molar-refractivity contribution in [3.63, 3.8) is 0 Å². The predicted octanol–water partition coefficient (Wildman–Crippen LogP) is 4.13. The van der Waals surface area contributed by atoms with E-state index in [-0.39, 0.29) is 42.8 Å². The van der Waals surface area contributed by atoms with E-state index in [0.717, 1.165) is 17.8 Å². The Labute approximate surface area is 243 Å². The van der Waals surface area contributed by atoms with Gasteiger partial charge in [0.1, 0.15) is 11.8 Å². The highest BCUT2D eigenvalue weighted by molar-refractivity contribution is 6.00. The second-order valence-electron chi connectivity index (χ2n) is 11.0. The fourth-order valence-corrected chi connectivity index (χ4v) is 4.68. The first-order valence-corrected chi connectivity index (χ1v) is 13.7. The molecule has 0 bridgehead atoms. The highest BCUT2D eigenvalue weighted by Gasteiger charge is 2.34. The van der Waals surface area contributed by atoms with E-state index in [9.17, 15) is 32.3 Å². The van der Waals surface area contributed by atoms with Gasteiger partial charge < -0.3 is 24.8 Å². The second kappa shape index (κ2) is 13.7. The van der Waals surface area contributed by atoms with Gasteiger partial charge in [-0.25, -0.2) is 0 Å². The van der Waals surface area contributed by atoms with Gasteiger partial charge in [0.15, 0.2) is 5.78 Å². The average Bonchev–Trinajstić information content (AvgIpc) is 2.91. The van der Waals surface area contributed by atoms with Gasteiger partial charge in [0.05, 0.1) is 13.1 Å². The summed E-state index contributed by atoms with van der Waals surface area (Å²) in [6, 6.07) is 10.2. The molecule has 0 spiro atoms. The number of ketones is 1. The van der Waals surface area contributed by atoms with Gasteiger partial charge in [0.25, 0.3) is 11.8 Å². The molecule has 1 aliphatic rings. The van der Waals surface area contributed by atoms with Crippen LogP contribution in [0.2, 0.25) is 0 Å². The number of Topliss-reactive ketones (excluding diaryl/α,β-unsaturated/α-hetero) is 1. The minimum atomic E-state index is -4.85. The van der Waals surface area contributed by atoms with Gasteiger partial charge in [-0.05, 0) is 74.2 Å². The van der Waals surface area contributed by atoms with Crippen molar-refractivity contribution in [2.45, 2.75) is 52.1 Å². The Bertz CT molecular complexity index is 1260. The summed E-state index contributed by atoms with van der Waals surface area (Å²) >= 11 is 0. The molecule has 0 aromatic heterocycles. The van der Waals surface area contributed by atoms with Gasteiger partial charge in [-0.2, -0.15) is 0 Å². The number of carbonyl (C=O) groups excluding carboxylic acids is 4. The number of halogens is 3. The Kier molecular flexibility index (Phi) is 10.6. The maximum absolute atomic E-state index is 13.6. The van der Waals surface area contributed by atoms with Gasteiger partial charge in [0, 0.05) is 43.5 Å². The predicted molar refractivity (Wildman–Crippen MR) is 151 cm³/mol. The molecule has 1 aliphatic heterocycles. The van der Waals surface area contributed by atoms with Crippen molar-refractivity contribution >= 4 is 29.2 Å². The number of nitrogens with one attached hydrogen (secondary N) is 1. The van der Waals surface area contributed by atoms with Gasteiger partial charge in [-0.15, -0.1) is 13.2 Å². The number of amides is 3. The molecule has 1 N–H and O–H groups in total. The second-order valence-corrected chi connectivity index (χ2v) is 11.0. The first kappa shape index (κ1) is 32.4. The Hall–Kier alpha value is -4.09. The number of benzene rings is 2. The van der Waals surface area contributed by atoms with Crippen LogP contribution in [0.3, 0.4) is 0 Å². The summed E-state index contributed by atoms with van der Waals surface area (Å²) in [7, 11) is 3.78. The molecule has 12 heteroatoms. The molecule has 1 saturated heterocycles. The van der Waals surface area contributed by atoms with E-state index in [2.05, 4.69) is 10.1 Å². The maximum atomic E-state index is 13.6. The molecule has 2 atom stereocenters. The average molecular weight is 591 g/mol. The summed E-state index contributed by atoms with van der Waals surface area (Å²) in [4.78, 5) is 57.5. The smallest absolute Gasteiger partial charge is 0.406 e. The van der Waals surface area contributed by atoms with Gasteiger partial charge in [-0.3, -0.25) is 19.2 Å². The third-order valence-corrected chi connectivity index (χ3v) is 6.93. The monoisotopic (exact) mass is 590 g/mol. The summed E-state index contributed by atoms with van der Waals surface area (Å²) in [5, 5.41) is 2.84. The molecule has 2 aromatic rings. The lowest BCUT2D eigenvalue weighted by Gasteiger charge is -2.36. The fraction of sp³-hybridized carbons (Fsp3) is 0.467. The third kappa shape index (κ3) is 8.95. The molecule has 0 saturated carbocycles. The summed E-state index contributed by atoms with van der Waals surface area (Å²) in [6.07, 6.45) is -4.12. The standard InChI is InChI=1S/C30H37F3N4O5/c1-19(2)16-26(34-27(39)21-6-10-23(11-7-21)35(4)5)29(41)36-15-14-20(3)37(18-24(38)17-36)28(40)22-8-12-25(13-9-22)42-30(31,32)33/h6-13,19-20,26H,14-18H2,1-5H3,(H,34,39)/t20-,26-/m0/s1. The molecule has 3 rings (SSSR count). The summed E-state index contributed by atoms with van der Waals surface area (Å²) in [5.41, 5.74) is 1.44. The first-order valence-electron chi connectivity index (χ1n) is 13.7. The molecule has 228 valence electrons. The van der Waals surface area contributed by atoms with E-state index in [1.807, 2.05) is 45.0 Å². The van der Waals surface area contributed by atoms with Crippen LogP contribution in [0, 0.1) is 5.92 Å². The Morgan fingerprint density at radius 3 is 2.14 bits per heavy atom. The normalized spacial score (nSPS) is 16.9. The molecule has 1 heterocycles. The van der Waals surface area contributed by atoms with Crippen LogP contribution >= 0.6 is 0 Å². The Morgan fingerprint density at radius 1 is 1.00 bits per heavy atom. The van der Waals surface area contributed by atoms with Crippen LogP contribution in [-0.4, -0.2) is 85.5 Å². The zero-order chi connectivity index (χ0) is 31.2. The lowest BCUT2D eigenvalue weighted by molar-refractivity contribution is -0.274. The molecule has 9 nitrogen and oxygen atoms in total. The molecule has 0 aliphatic carbocycles. The largest absolute Gasteiger partial charge is 0.573 e. The van der Waals surface area contributed by atoms with Crippen molar-refractivity contribution in [3.05, 3.63) is 59.7 Å². The molecule has 2 aromatic carbocycles. The fourth-order valence-electron chi connectivity index (χ4n) is 4.68. The first-order chi connectivity index (χ1) is 19.6. The van der Waals surface area contributed by atoms with E-state index >= 15 is 0 Å². The number of carbonyl (C=O) groups is 4. The lowest BCUT2D eigenvalue weighted by atomic mass is 10.0. The zero-order valence-electron chi connectivity index (χ0n) is 24.4. The van der Waals surface area contributed by atoms with E-state index in [4.69, 9.17) is 0 Å². The number of anilines is 1. The highest BCUT2D eigenvalue weighted by Crippen LogP contribution is 2.24. The number of nitrogens with zero attached hydrogens (tertiary/aromatic N) is 3. The van der Waals surface area contributed by atoms with Crippen LogP contribution in [-0.2, 0) is 9.59 Å². The molecule has 1 fully saturated rings. The Balaban J connectivity index is 1.69. The van der Waals surface area contributed by atoms with E-state index in [0.29, 0.717) is 18.4 Å². The zero-order valence-corrected chi connectivity index (χ0v) is 24.4. The molecule has 3 amide bonds. The number of alkyl halides is 3. The highest BCUT2D eigenvalue weighted by atomic mass is 19.4. The molecule has 0 radical (unpaired) electrons. The summed E-state index contributed by atoms with van der Waals surface area (Å²) in [6.45, 7) is 5.27. The number of rotatable bonds is 8. The molecule has 0 unspecified atom stereocenters. The molecular formula is C30H37F3N4O5. The molecular weight excluding hydrogens is 553 g/mol. The minimum Gasteiger partial charge on any atom is -0.406 e. The minimum absolute atomic E-state index is 0.0841. The van der Waals surface area contributed by atoms with Crippen LogP contribution in [0.4, 0.5) is 18.9 Å². The van der Waals surface area contributed by atoms with Crippen molar-refractivity contribution in [2.75, 3.05) is 38.6 Å². The number of ether oxygens (including phenoxy) is 1. The van der Waals surface area contributed by atoms with Crippen molar-refractivity contribution in [3.8, 4) is 5.75 Å². The van der Waals surface area contributed by atoms with Crippen LogP contribution in [0.25, 0.3) is 0 Å². The van der Waals surface area contributed by atoms with Crippen molar-refractivity contribution < 1.29 is 37.1 Å². The van der Waals surface area contributed by atoms with Crippen LogP contribution in [0.1, 0.15) is 54.3 Å². The van der Waals surface area contributed by atoms with Crippen LogP contribution in [0.5, 0.6) is 5.75 Å². The van der Waals surface area contributed by atoms with E-state index < -0.39 is 36.0 Å². The van der Waals surface area contributed by atoms with Gasteiger partial charge in [-0.1, -0.05) is 13.8 Å². The van der Waals surface area contributed by atoms with Gasteiger partial charge in [0.2, 0.25) is 5.91 Å². The summed E-state index contributed by atoms with van der Waals surface area (Å²) in [5.74, 6) is -2.04. The van der Waals surface area contributed by atoms with E-state index in [1.54, 1.807) is 19.1 Å². The third-order valence-electron chi connectivity index (χ3n) is 6.93. The Morgan fingerprint density at radius 2 is 1.60 bits per heavy atom. The van der Waals surface area contributed by atoms with Crippen molar-refractivity contribution in [1.29, 1.82) is 0 Å².